The first kappa shape index (κ1) is 10.1. The van der Waals surface area contributed by atoms with Crippen LogP contribution in [0.2, 0.25) is 5.02 Å². The molecule has 1 nitrogen and oxygen atoms in total. The summed E-state index contributed by atoms with van der Waals surface area (Å²) in [6, 6.07) is 7.69. The number of thioether (sulfide) groups is 1. The number of carbonyl (C=O) groups excluding carboxylic acids is 1. The van der Waals surface area contributed by atoms with Gasteiger partial charge in [-0.25, -0.2) is 0 Å². The molecule has 74 valence electrons. The van der Waals surface area contributed by atoms with Crippen LogP contribution in [-0.2, 0) is 4.79 Å². The van der Waals surface area contributed by atoms with Gasteiger partial charge in [-0.3, -0.25) is 4.79 Å². The number of halogens is 1. The summed E-state index contributed by atoms with van der Waals surface area (Å²) in [5.41, 5.74) is 0. The van der Waals surface area contributed by atoms with Crippen LogP contribution in [0.3, 0.4) is 0 Å². The Labute approximate surface area is 92.8 Å². The monoisotopic (exact) mass is 226 g/mol. The van der Waals surface area contributed by atoms with E-state index in [4.69, 9.17) is 11.6 Å². The molecule has 0 aromatic heterocycles. The van der Waals surface area contributed by atoms with E-state index in [-0.39, 0.29) is 5.25 Å². The van der Waals surface area contributed by atoms with Crippen molar-refractivity contribution in [3.8, 4) is 0 Å². The summed E-state index contributed by atoms with van der Waals surface area (Å²) in [6.07, 6.45) is 2.80. The predicted molar refractivity (Wildman–Crippen MR) is 60.0 cm³/mol. The van der Waals surface area contributed by atoms with Gasteiger partial charge in [-0.1, -0.05) is 17.7 Å². The smallest absolute Gasteiger partial charge is 0.146 e. The lowest BCUT2D eigenvalue weighted by Crippen LogP contribution is -2.07. The minimum absolute atomic E-state index is 0.161. The predicted octanol–water partition coefficient (Wildman–Crippen LogP) is 3.55. The number of carbonyl (C=O) groups is 1. The van der Waals surface area contributed by atoms with Crippen LogP contribution in [-0.4, -0.2) is 11.0 Å². The molecule has 3 heteroatoms. The van der Waals surface area contributed by atoms with Crippen LogP contribution in [0, 0.1) is 0 Å². The fourth-order valence-electron chi connectivity index (χ4n) is 1.61. The molecular weight excluding hydrogens is 216 g/mol. The normalized spacial score (nSPS) is 21.5. The van der Waals surface area contributed by atoms with E-state index in [1.807, 2.05) is 24.3 Å². The van der Waals surface area contributed by atoms with Crippen LogP contribution >= 0.6 is 23.4 Å². The fourth-order valence-corrected chi connectivity index (χ4v) is 3.08. The second-order valence-corrected chi connectivity index (χ2v) is 5.13. The van der Waals surface area contributed by atoms with Crippen molar-refractivity contribution in [2.45, 2.75) is 29.4 Å². The maximum Gasteiger partial charge on any atom is 0.146 e. The first-order valence-electron chi connectivity index (χ1n) is 4.70. The zero-order valence-electron chi connectivity index (χ0n) is 7.70. The third kappa shape index (κ3) is 2.31. The van der Waals surface area contributed by atoms with Crippen molar-refractivity contribution >= 4 is 29.1 Å². The molecule has 0 bridgehead atoms. The Morgan fingerprint density at radius 3 is 2.93 bits per heavy atom. The van der Waals surface area contributed by atoms with Crippen LogP contribution in [0.15, 0.2) is 29.2 Å². The average molecular weight is 227 g/mol. The number of benzene rings is 1. The minimum atomic E-state index is 0.161. The number of ketones is 1. The third-order valence-electron chi connectivity index (χ3n) is 2.32. The minimum Gasteiger partial charge on any atom is -0.298 e. The summed E-state index contributed by atoms with van der Waals surface area (Å²) in [5, 5.41) is 0.897. The lowest BCUT2D eigenvalue weighted by molar-refractivity contribution is -0.116. The van der Waals surface area contributed by atoms with Gasteiger partial charge in [0.05, 0.1) is 5.25 Å². The largest absolute Gasteiger partial charge is 0.298 e. The third-order valence-corrected chi connectivity index (χ3v) is 3.87. The molecular formula is C11H11ClOS. The highest BCUT2D eigenvalue weighted by molar-refractivity contribution is 8.00. The van der Waals surface area contributed by atoms with Crippen LogP contribution in [0.25, 0.3) is 0 Å². The Kier molecular flexibility index (Phi) is 3.14. The number of hydrogen-bond acceptors (Lipinski definition) is 2. The molecule has 14 heavy (non-hydrogen) atoms. The van der Waals surface area contributed by atoms with Gasteiger partial charge in [-0.2, -0.15) is 0 Å². The van der Waals surface area contributed by atoms with Gasteiger partial charge in [0.15, 0.2) is 0 Å². The summed E-state index contributed by atoms with van der Waals surface area (Å²) in [4.78, 5) is 12.5. The topological polar surface area (TPSA) is 17.1 Å². The molecule has 1 aromatic rings. The lowest BCUT2D eigenvalue weighted by atomic mass is 10.3. The maximum absolute atomic E-state index is 11.4. The van der Waals surface area contributed by atoms with Crippen LogP contribution in [0.4, 0.5) is 0 Å². The molecule has 1 aromatic carbocycles. The van der Waals surface area contributed by atoms with Crippen molar-refractivity contribution in [2.75, 3.05) is 0 Å². The molecule has 0 aliphatic heterocycles. The molecule has 0 N–H and O–H groups in total. The summed E-state index contributed by atoms with van der Waals surface area (Å²) in [5.74, 6) is 0.384. The van der Waals surface area contributed by atoms with Gasteiger partial charge in [-0.15, -0.1) is 11.8 Å². The highest BCUT2D eigenvalue weighted by Crippen LogP contribution is 2.33. The molecule has 1 unspecified atom stereocenters. The van der Waals surface area contributed by atoms with Gasteiger partial charge >= 0.3 is 0 Å². The van der Waals surface area contributed by atoms with Crippen molar-refractivity contribution in [2.24, 2.45) is 0 Å². The Morgan fingerprint density at radius 1 is 1.43 bits per heavy atom. The molecule has 1 saturated carbocycles. The van der Waals surface area contributed by atoms with Gasteiger partial charge in [0.1, 0.15) is 5.78 Å². The maximum atomic E-state index is 11.4. The molecule has 0 spiro atoms. The van der Waals surface area contributed by atoms with E-state index >= 15 is 0 Å². The van der Waals surface area contributed by atoms with Gasteiger partial charge in [-0.05, 0) is 31.0 Å². The highest BCUT2D eigenvalue weighted by atomic mass is 35.5. The second kappa shape index (κ2) is 4.37. The zero-order chi connectivity index (χ0) is 9.97. The van der Waals surface area contributed by atoms with E-state index < -0.39 is 0 Å². The second-order valence-electron chi connectivity index (χ2n) is 3.42. The Morgan fingerprint density at radius 2 is 2.29 bits per heavy atom. The van der Waals surface area contributed by atoms with E-state index in [9.17, 15) is 4.79 Å². The van der Waals surface area contributed by atoms with E-state index in [1.54, 1.807) is 11.8 Å². The lowest BCUT2D eigenvalue weighted by Gasteiger charge is -2.07. The average Bonchev–Trinajstić information content (AvgIpc) is 2.52. The van der Waals surface area contributed by atoms with Gasteiger partial charge in [0.2, 0.25) is 0 Å². The van der Waals surface area contributed by atoms with Gasteiger partial charge in [0, 0.05) is 16.3 Å². The van der Waals surface area contributed by atoms with E-state index in [0.29, 0.717) is 5.78 Å². The van der Waals surface area contributed by atoms with Crippen LogP contribution in [0.1, 0.15) is 19.3 Å². The van der Waals surface area contributed by atoms with Gasteiger partial charge in [0.25, 0.3) is 0 Å². The quantitative estimate of drug-likeness (QED) is 0.767. The summed E-state index contributed by atoms with van der Waals surface area (Å²) in [6.45, 7) is 0. The molecule has 0 amide bonds. The summed E-state index contributed by atoms with van der Waals surface area (Å²) < 4.78 is 0. The molecule has 1 aliphatic carbocycles. The van der Waals surface area contributed by atoms with E-state index in [2.05, 4.69) is 0 Å². The van der Waals surface area contributed by atoms with Crippen molar-refractivity contribution in [3.63, 3.8) is 0 Å². The molecule has 0 heterocycles. The first-order valence-corrected chi connectivity index (χ1v) is 5.96. The Hall–Kier alpha value is -0.470. The molecule has 1 atom stereocenters. The first-order chi connectivity index (χ1) is 6.75. The molecule has 2 rings (SSSR count). The summed E-state index contributed by atoms with van der Waals surface area (Å²) in [7, 11) is 0. The number of rotatable bonds is 2. The molecule has 0 saturated heterocycles. The molecule has 0 radical (unpaired) electrons. The number of Topliss-reactive ketones (excluding diaryl/α,β-unsaturated/α-hetero) is 1. The van der Waals surface area contributed by atoms with E-state index in [1.165, 1.54) is 0 Å². The number of hydrogen-bond donors (Lipinski definition) is 0. The Balaban J connectivity index is 2.07. The SMILES string of the molecule is O=C1CCCC1Sc1cccc(Cl)c1. The fraction of sp³-hybridized carbons (Fsp3) is 0.364. The van der Waals surface area contributed by atoms with Crippen molar-refractivity contribution in [1.29, 1.82) is 0 Å². The van der Waals surface area contributed by atoms with Crippen LogP contribution in [0.5, 0.6) is 0 Å². The zero-order valence-corrected chi connectivity index (χ0v) is 9.27. The summed E-state index contributed by atoms with van der Waals surface area (Å²) >= 11 is 7.51. The van der Waals surface area contributed by atoms with Crippen LogP contribution < -0.4 is 0 Å². The highest BCUT2D eigenvalue weighted by Gasteiger charge is 2.24. The van der Waals surface area contributed by atoms with E-state index in [0.717, 1.165) is 29.2 Å². The van der Waals surface area contributed by atoms with Crippen molar-refractivity contribution < 1.29 is 4.79 Å². The van der Waals surface area contributed by atoms with Crippen molar-refractivity contribution in [3.05, 3.63) is 29.3 Å². The molecule has 1 aliphatic rings. The molecule has 1 fully saturated rings. The van der Waals surface area contributed by atoms with Crippen molar-refractivity contribution in [1.82, 2.24) is 0 Å². The van der Waals surface area contributed by atoms with Gasteiger partial charge < -0.3 is 0 Å². The standard InChI is InChI=1S/C11H11ClOS/c12-8-3-1-4-9(7-8)14-11-6-2-5-10(11)13/h1,3-4,7,11H,2,5-6H2. The Bertz CT molecular complexity index is 351.